The summed E-state index contributed by atoms with van der Waals surface area (Å²) in [5.41, 5.74) is 1.57. The molecule has 0 aliphatic rings. The third-order valence-electron chi connectivity index (χ3n) is 4.20. The van der Waals surface area contributed by atoms with Gasteiger partial charge in [-0.15, -0.1) is 0 Å². The van der Waals surface area contributed by atoms with Gasteiger partial charge >= 0.3 is 0 Å². The summed E-state index contributed by atoms with van der Waals surface area (Å²) in [5.74, 6) is 0.528. The number of halogens is 1. The molecule has 0 atom stereocenters. The van der Waals surface area contributed by atoms with Crippen LogP contribution in [0.15, 0.2) is 67.0 Å². The highest BCUT2D eigenvalue weighted by molar-refractivity contribution is 6.03. The van der Waals surface area contributed by atoms with Gasteiger partial charge < -0.3 is 14.8 Å². The summed E-state index contributed by atoms with van der Waals surface area (Å²) in [7, 11) is 1.60. The van der Waals surface area contributed by atoms with E-state index in [0.717, 1.165) is 16.7 Å². The Labute approximate surface area is 165 Å². The van der Waals surface area contributed by atoms with Crippen LogP contribution in [0.5, 0.6) is 11.5 Å². The molecule has 0 bridgehead atoms. The average molecular weight is 392 g/mol. The highest BCUT2D eigenvalue weighted by atomic mass is 19.1. The zero-order chi connectivity index (χ0) is 20.2. The molecule has 1 amide bonds. The number of nitrogens with one attached hydrogen (secondary N) is 1. The monoisotopic (exact) mass is 392 g/mol. The molecule has 29 heavy (non-hydrogen) atoms. The fraction of sp³-hybridized carbons (Fsp3) is 0.0952. The molecule has 0 spiro atoms. The lowest BCUT2D eigenvalue weighted by Gasteiger charge is -2.07. The van der Waals surface area contributed by atoms with Crippen molar-refractivity contribution in [3.05, 3.63) is 78.5 Å². The van der Waals surface area contributed by atoms with E-state index < -0.39 is 0 Å². The smallest absolute Gasteiger partial charge is 0.276 e. The van der Waals surface area contributed by atoms with Gasteiger partial charge in [-0.3, -0.25) is 9.78 Å². The van der Waals surface area contributed by atoms with Crippen LogP contribution in [-0.2, 0) is 6.73 Å². The van der Waals surface area contributed by atoms with Crippen molar-refractivity contribution < 1.29 is 18.7 Å². The van der Waals surface area contributed by atoms with Crippen LogP contribution in [0.4, 0.5) is 10.1 Å². The Bertz CT molecular complexity index is 1160. The van der Waals surface area contributed by atoms with Gasteiger partial charge in [0.1, 0.15) is 17.3 Å². The molecule has 0 radical (unpaired) electrons. The van der Waals surface area contributed by atoms with E-state index in [4.69, 9.17) is 9.47 Å². The Kier molecular flexibility index (Phi) is 5.07. The van der Waals surface area contributed by atoms with Gasteiger partial charge in [0.15, 0.2) is 12.4 Å². The fourth-order valence-corrected chi connectivity index (χ4v) is 2.72. The number of amides is 1. The van der Waals surface area contributed by atoms with Crippen LogP contribution in [0.2, 0.25) is 0 Å². The fourth-order valence-electron chi connectivity index (χ4n) is 2.72. The van der Waals surface area contributed by atoms with Gasteiger partial charge in [-0.2, -0.15) is 5.10 Å². The largest absolute Gasteiger partial charge is 0.497 e. The summed E-state index contributed by atoms with van der Waals surface area (Å²) in [6.07, 6.45) is 3.21. The SMILES string of the molecule is COc1ccc2cc(NC(=O)c3ccn(COc4ccc(F)cc4)n3)cnc2c1. The van der Waals surface area contributed by atoms with E-state index in [0.29, 0.717) is 11.4 Å². The molecule has 0 saturated carbocycles. The van der Waals surface area contributed by atoms with Gasteiger partial charge in [0.05, 0.1) is 24.5 Å². The van der Waals surface area contributed by atoms with Crippen LogP contribution in [0.25, 0.3) is 10.9 Å². The number of pyridine rings is 1. The number of fused-ring (bicyclic) bond motifs is 1. The van der Waals surface area contributed by atoms with Crippen LogP contribution in [0.3, 0.4) is 0 Å². The van der Waals surface area contributed by atoms with Crippen molar-refractivity contribution in [1.82, 2.24) is 14.8 Å². The lowest BCUT2D eigenvalue weighted by molar-refractivity contribution is 0.102. The van der Waals surface area contributed by atoms with Crippen LogP contribution in [-0.4, -0.2) is 27.8 Å². The first-order valence-electron chi connectivity index (χ1n) is 8.78. The van der Waals surface area contributed by atoms with Gasteiger partial charge in [0, 0.05) is 17.6 Å². The molecule has 0 aliphatic carbocycles. The second-order valence-electron chi connectivity index (χ2n) is 6.20. The Balaban J connectivity index is 1.41. The molecule has 8 heteroatoms. The van der Waals surface area contributed by atoms with E-state index in [9.17, 15) is 9.18 Å². The van der Waals surface area contributed by atoms with E-state index >= 15 is 0 Å². The molecule has 4 aromatic rings. The topological polar surface area (TPSA) is 78.3 Å². The molecule has 2 heterocycles. The number of hydrogen-bond donors (Lipinski definition) is 1. The second-order valence-corrected chi connectivity index (χ2v) is 6.20. The van der Waals surface area contributed by atoms with E-state index in [-0.39, 0.29) is 24.1 Å². The number of aromatic nitrogens is 3. The Morgan fingerprint density at radius 1 is 1.10 bits per heavy atom. The quantitative estimate of drug-likeness (QED) is 0.539. The average Bonchev–Trinajstić information content (AvgIpc) is 3.22. The number of nitrogens with zero attached hydrogens (tertiary/aromatic N) is 3. The lowest BCUT2D eigenvalue weighted by Crippen LogP contribution is -2.14. The number of carbonyl (C=O) groups is 1. The predicted octanol–water partition coefficient (Wildman–Crippen LogP) is 3.87. The van der Waals surface area contributed by atoms with Gasteiger partial charge in [-0.25, -0.2) is 9.07 Å². The maximum atomic E-state index is 12.9. The molecular formula is C21H17FN4O3. The standard InChI is InChI=1S/C21H17FN4O3/c1-28-18-5-2-14-10-16(12-23-20(14)11-18)24-21(27)19-8-9-26(25-19)13-29-17-6-3-15(22)4-7-17/h2-12H,13H2,1H3,(H,24,27). The maximum Gasteiger partial charge on any atom is 0.276 e. The van der Waals surface area contributed by atoms with Crippen LogP contribution >= 0.6 is 0 Å². The Morgan fingerprint density at radius 3 is 2.69 bits per heavy atom. The van der Waals surface area contributed by atoms with Crippen molar-refractivity contribution in [1.29, 1.82) is 0 Å². The molecule has 0 saturated heterocycles. The van der Waals surface area contributed by atoms with Crippen molar-refractivity contribution in [3.63, 3.8) is 0 Å². The zero-order valence-corrected chi connectivity index (χ0v) is 15.5. The van der Waals surface area contributed by atoms with Crippen molar-refractivity contribution >= 4 is 22.5 Å². The summed E-state index contributed by atoms with van der Waals surface area (Å²) >= 11 is 0. The lowest BCUT2D eigenvalue weighted by atomic mass is 10.2. The molecule has 2 aromatic heterocycles. The molecule has 2 aromatic carbocycles. The van der Waals surface area contributed by atoms with Crippen molar-refractivity contribution in [3.8, 4) is 11.5 Å². The molecule has 146 valence electrons. The minimum atomic E-state index is -0.361. The summed E-state index contributed by atoms with van der Waals surface area (Å²) in [6.45, 7) is 0.0955. The molecular weight excluding hydrogens is 375 g/mol. The van der Waals surface area contributed by atoms with Gasteiger partial charge in [-0.1, -0.05) is 0 Å². The molecule has 1 N–H and O–H groups in total. The van der Waals surface area contributed by atoms with Crippen LogP contribution < -0.4 is 14.8 Å². The number of benzene rings is 2. The zero-order valence-electron chi connectivity index (χ0n) is 15.5. The minimum absolute atomic E-state index is 0.0955. The Morgan fingerprint density at radius 2 is 1.90 bits per heavy atom. The summed E-state index contributed by atoms with van der Waals surface area (Å²) in [6, 6.07) is 14.6. The second kappa shape index (κ2) is 7.97. The van der Waals surface area contributed by atoms with Crippen molar-refractivity contribution in [2.24, 2.45) is 0 Å². The molecule has 0 unspecified atom stereocenters. The van der Waals surface area contributed by atoms with E-state index in [2.05, 4.69) is 15.4 Å². The number of rotatable bonds is 6. The van der Waals surface area contributed by atoms with Crippen LogP contribution in [0, 0.1) is 5.82 Å². The van der Waals surface area contributed by atoms with Gasteiger partial charge in [0.25, 0.3) is 5.91 Å². The van der Waals surface area contributed by atoms with E-state index in [1.54, 1.807) is 25.6 Å². The molecule has 0 aliphatic heterocycles. The summed E-state index contributed by atoms with van der Waals surface area (Å²) in [4.78, 5) is 16.8. The first-order chi connectivity index (χ1) is 14.1. The number of hydrogen-bond acceptors (Lipinski definition) is 5. The minimum Gasteiger partial charge on any atom is -0.497 e. The highest BCUT2D eigenvalue weighted by Crippen LogP contribution is 2.22. The molecule has 0 fully saturated rings. The highest BCUT2D eigenvalue weighted by Gasteiger charge is 2.11. The third kappa shape index (κ3) is 4.32. The molecule has 7 nitrogen and oxygen atoms in total. The van der Waals surface area contributed by atoms with Crippen molar-refractivity contribution in [2.45, 2.75) is 6.73 Å². The number of ether oxygens (including phenoxy) is 2. The summed E-state index contributed by atoms with van der Waals surface area (Å²) in [5, 5.41) is 7.85. The maximum absolute atomic E-state index is 12.9. The Hall–Kier alpha value is -3.94. The van der Waals surface area contributed by atoms with E-state index in [1.807, 2.05) is 24.3 Å². The number of anilines is 1. The van der Waals surface area contributed by atoms with Gasteiger partial charge in [0.2, 0.25) is 0 Å². The summed E-state index contributed by atoms with van der Waals surface area (Å²) < 4.78 is 25.1. The third-order valence-corrected chi connectivity index (χ3v) is 4.20. The molecule has 4 rings (SSSR count). The first kappa shape index (κ1) is 18.4. The number of carbonyl (C=O) groups excluding carboxylic acids is 1. The normalized spacial score (nSPS) is 10.7. The predicted molar refractivity (Wildman–Crippen MR) is 106 cm³/mol. The first-order valence-corrected chi connectivity index (χ1v) is 8.78. The van der Waals surface area contributed by atoms with Gasteiger partial charge in [-0.05, 0) is 48.5 Å². The van der Waals surface area contributed by atoms with Crippen molar-refractivity contribution in [2.75, 3.05) is 12.4 Å². The number of methoxy groups -OCH3 is 1. The van der Waals surface area contributed by atoms with E-state index in [1.165, 1.54) is 28.9 Å². The van der Waals surface area contributed by atoms with Crippen LogP contribution in [0.1, 0.15) is 10.5 Å².